The summed E-state index contributed by atoms with van der Waals surface area (Å²) >= 11 is 0. The molecule has 0 bridgehead atoms. The van der Waals surface area contributed by atoms with Crippen LogP contribution in [0.4, 0.5) is 13.2 Å². The molecule has 18 heavy (non-hydrogen) atoms. The molecule has 1 rings (SSSR count). The van der Waals surface area contributed by atoms with Crippen LogP contribution in [0, 0.1) is 5.92 Å². The summed E-state index contributed by atoms with van der Waals surface area (Å²) in [5.74, 6) is -1.31. The van der Waals surface area contributed by atoms with E-state index in [9.17, 15) is 13.2 Å². The summed E-state index contributed by atoms with van der Waals surface area (Å²) in [6.45, 7) is 1.04. The molecule has 0 fully saturated rings. The van der Waals surface area contributed by atoms with Crippen molar-refractivity contribution in [3.8, 4) is 0 Å². The average molecular weight is 264 g/mol. The zero-order valence-corrected chi connectivity index (χ0v) is 10.4. The van der Waals surface area contributed by atoms with Crippen LogP contribution in [0.2, 0.25) is 0 Å². The Labute approximate surface area is 105 Å². The summed E-state index contributed by atoms with van der Waals surface area (Å²) in [5.41, 5.74) is 6.17. The molecule has 0 saturated heterocycles. The van der Waals surface area contributed by atoms with Crippen molar-refractivity contribution < 1.29 is 17.6 Å². The van der Waals surface area contributed by atoms with Crippen LogP contribution in [-0.2, 0) is 6.54 Å². The maximum absolute atomic E-state index is 12.6. The van der Waals surface area contributed by atoms with E-state index in [1.807, 2.05) is 4.90 Å². The highest BCUT2D eigenvalue weighted by atomic mass is 19.4. The van der Waals surface area contributed by atoms with Gasteiger partial charge >= 0.3 is 6.18 Å². The molecule has 6 heteroatoms. The highest BCUT2D eigenvalue weighted by Gasteiger charge is 2.38. The number of furan rings is 1. The monoisotopic (exact) mass is 264 g/mol. The number of hydrogen-bond acceptors (Lipinski definition) is 3. The summed E-state index contributed by atoms with van der Waals surface area (Å²) < 4.78 is 42.8. The molecule has 0 spiro atoms. The second-order valence-corrected chi connectivity index (χ2v) is 4.47. The molecule has 0 aromatic carbocycles. The molecule has 1 aromatic heterocycles. The van der Waals surface area contributed by atoms with Gasteiger partial charge in [0.2, 0.25) is 0 Å². The molecular formula is C12H19F3N2O. The third kappa shape index (κ3) is 5.10. The lowest BCUT2D eigenvalue weighted by molar-refractivity contribution is -0.178. The molecule has 0 amide bonds. The van der Waals surface area contributed by atoms with E-state index >= 15 is 0 Å². The van der Waals surface area contributed by atoms with E-state index in [4.69, 9.17) is 10.2 Å². The van der Waals surface area contributed by atoms with Gasteiger partial charge in [-0.2, -0.15) is 13.2 Å². The zero-order chi connectivity index (χ0) is 13.6. The maximum atomic E-state index is 12.6. The Kier molecular flexibility index (Phi) is 5.68. The number of nitrogens with zero attached hydrogens (tertiary/aromatic N) is 1. The van der Waals surface area contributed by atoms with Crippen molar-refractivity contribution in [1.29, 1.82) is 0 Å². The third-order valence-electron chi connectivity index (χ3n) is 2.87. The van der Waals surface area contributed by atoms with Crippen LogP contribution in [0.3, 0.4) is 0 Å². The molecule has 0 radical (unpaired) electrons. The predicted molar refractivity (Wildman–Crippen MR) is 62.9 cm³/mol. The smallest absolute Gasteiger partial charge is 0.391 e. The van der Waals surface area contributed by atoms with E-state index in [1.54, 1.807) is 25.6 Å². The standard InChI is InChI=1S/C12H19F3N2O/c1-17(8-10-4-7-18-9-10)6-3-11(2-5-16)12(13,14)15/h4,7,9,11H,2-3,5-6,8,16H2,1H3. The highest BCUT2D eigenvalue weighted by Crippen LogP contribution is 2.31. The van der Waals surface area contributed by atoms with Gasteiger partial charge in [-0.25, -0.2) is 0 Å². The minimum atomic E-state index is -4.16. The Balaban J connectivity index is 2.37. The van der Waals surface area contributed by atoms with E-state index in [-0.39, 0.29) is 19.4 Å². The third-order valence-corrected chi connectivity index (χ3v) is 2.87. The molecule has 2 N–H and O–H groups in total. The lowest BCUT2D eigenvalue weighted by atomic mass is 10.0. The van der Waals surface area contributed by atoms with E-state index in [0.717, 1.165) is 5.56 Å². The van der Waals surface area contributed by atoms with Crippen LogP contribution in [-0.4, -0.2) is 31.2 Å². The Morgan fingerprint density at radius 2 is 2.11 bits per heavy atom. The second-order valence-electron chi connectivity index (χ2n) is 4.47. The van der Waals surface area contributed by atoms with Crippen LogP contribution < -0.4 is 5.73 Å². The van der Waals surface area contributed by atoms with Crippen molar-refractivity contribution in [2.45, 2.75) is 25.6 Å². The second kappa shape index (κ2) is 6.80. The number of alkyl halides is 3. The van der Waals surface area contributed by atoms with Gasteiger partial charge in [0.15, 0.2) is 0 Å². The van der Waals surface area contributed by atoms with E-state index < -0.39 is 12.1 Å². The summed E-state index contributed by atoms with van der Waals surface area (Å²) in [7, 11) is 1.79. The van der Waals surface area contributed by atoms with Crippen LogP contribution in [0.1, 0.15) is 18.4 Å². The molecule has 1 heterocycles. The zero-order valence-electron chi connectivity index (χ0n) is 10.4. The summed E-state index contributed by atoms with van der Waals surface area (Å²) in [6, 6.07) is 1.80. The predicted octanol–water partition coefficient (Wildman–Crippen LogP) is 2.63. The quantitative estimate of drug-likeness (QED) is 0.823. The molecule has 1 atom stereocenters. The van der Waals surface area contributed by atoms with E-state index in [0.29, 0.717) is 13.1 Å². The summed E-state index contributed by atoms with van der Waals surface area (Å²) in [5, 5.41) is 0. The number of halogens is 3. The fourth-order valence-corrected chi connectivity index (χ4v) is 1.82. The first-order valence-corrected chi connectivity index (χ1v) is 5.90. The van der Waals surface area contributed by atoms with Crippen molar-refractivity contribution in [3.63, 3.8) is 0 Å². The first-order chi connectivity index (χ1) is 8.43. The lowest BCUT2D eigenvalue weighted by Gasteiger charge is -2.23. The Morgan fingerprint density at radius 3 is 2.61 bits per heavy atom. The average Bonchev–Trinajstić information content (AvgIpc) is 2.75. The first kappa shape index (κ1) is 15.0. The van der Waals surface area contributed by atoms with Crippen molar-refractivity contribution >= 4 is 0 Å². The largest absolute Gasteiger partial charge is 0.472 e. The fourth-order valence-electron chi connectivity index (χ4n) is 1.82. The molecule has 1 aromatic rings. The van der Waals surface area contributed by atoms with Gasteiger partial charge in [0.05, 0.1) is 18.4 Å². The van der Waals surface area contributed by atoms with Crippen LogP contribution in [0.15, 0.2) is 23.0 Å². The topological polar surface area (TPSA) is 42.4 Å². The minimum Gasteiger partial charge on any atom is -0.472 e. The lowest BCUT2D eigenvalue weighted by Crippen LogP contribution is -2.30. The molecule has 0 aliphatic rings. The SMILES string of the molecule is CN(CCC(CCN)C(F)(F)F)Cc1ccoc1. The fraction of sp³-hybridized carbons (Fsp3) is 0.667. The van der Waals surface area contributed by atoms with Gasteiger partial charge in [-0.3, -0.25) is 0 Å². The van der Waals surface area contributed by atoms with Gasteiger partial charge in [0.1, 0.15) is 0 Å². The molecular weight excluding hydrogens is 245 g/mol. The minimum absolute atomic E-state index is 0.0109. The first-order valence-electron chi connectivity index (χ1n) is 5.90. The molecule has 3 nitrogen and oxygen atoms in total. The Bertz CT molecular complexity index is 325. The summed E-state index contributed by atoms with van der Waals surface area (Å²) in [4.78, 5) is 1.85. The van der Waals surface area contributed by atoms with Gasteiger partial charge in [0, 0.05) is 12.1 Å². The van der Waals surface area contributed by atoms with Crippen molar-refractivity contribution in [2.75, 3.05) is 20.1 Å². The van der Waals surface area contributed by atoms with Gasteiger partial charge in [-0.05, 0) is 39.0 Å². The molecule has 0 aliphatic heterocycles. The van der Waals surface area contributed by atoms with Gasteiger partial charge < -0.3 is 15.1 Å². The van der Waals surface area contributed by atoms with Crippen LogP contribution in [0.25, 0.3) is 0 Å². The van der Waals surface area contributed by atoms with Crippen molar-refractivity contribution in [3.05, 3.63) is 24.2 Å². The van der Waals surface area contributed by atoms with Crippen LogP contribution >= 0.6 is 0 Å². The molecule has 0 aliphatic carbocycles. The van der Waals surface area contributed by atoms with Crippen LogP contribution in [0.5, 0.6) is 0 Å². The van der Waals surface area contributed by atoms with Gasteiger partial charge in [-0.1, -0.05) is 0 Å². The van der Waals surface area contributed by atoms with Crippen molar-refractivity contribution in [1.82, 2.24) is 4.90 Å². The number of nitrogens with two attached hydrogens (primary N) is 1. The van der Waals surface area contributed by atoms with Crippen molar-refractivity contribution in [2.24, 2.45) is 11.7 Å². The van der Waals surface area contributed by atoms with E-state index in [1.165, 1.54) is 0 Å². The Morgan fingerprint density at radius 1 is 1.39 bits per heavy atom. The Hall–Kier alpha value is -1.01. The van der Waals surface area contributed by atoms with E-state index in [2.05, 4.69) is 0 Å². The van der Waals surface area contributed by atoms with Gasteiger partial charge in [-0.15, -0.1) is 0 Å². The van der Waals surface area contributed by atoms with Gasteiger partial charge in [0.25, 0.3) is 0 Å². The number of rotatable bonds is 7. The maximum Gasteiger partial charge on any atom is 0.391 e. The highest BCUT2D eigenvalue weighted by molar-refractivity contribution is 5.04. The molecule has 104 valence electrons. The number of hydrogen-bond donors (Lipinski definition) is 1. The summed E-state index contributed by atoms with van der Waals surface area (Å²) in [6.07, 6.45) is -0.943. The molecule has 1 unspecified atom stereocenters. The normalized spacial score (nSPS) is 14.1. The molecule has 0 saturated carbocycles.